The Kier molecular flexibility index (Phi) is 4.55. The Morgan fingerprint density at radius 1 is 1.14 bits per heavy atom. The van der Waals surface area contributed by atoms with E-state index in [1.165, 1.54) is 13.1 Å². The maximum atomic E-state index is 11.8. The topological polar surface area (TPSA) is 84.2 Å². The maximum Gasteiger partial charge on any atom is 0.242 e. The third kappa shape index (κ3) is 3.55. The second kappa shape index (κ2) is 6.05. The van der Waals surface area contributed by atoms with Gasteiger partial charge >= 0.3 is 0 Å². The Bertz CT molecular complexity index is 776. The average molecular weight is 370 g/mol. The fourth-order valence-corrected chi connectivity index (χ4v) is 3.29. The third-order valence-electron chi connectivity index (χ3n) is 2.97. The van der Waals surface area contributed by atoms with Crippen molar-refractivity contribution in [1.29, 1.82) is 0 Å². The molecule has 5 nitrogen and oxygen atoms in total. The lowest BCUT2D eigenvalue weighted by atomic mass is 10.2. The predicted octanol–water partition coefficient (Wildman–Crippen LogP) is 2.99. The van der Waals surface area contributed by atoms with Crippen molar-refractivity contribution in [1.82, 2.24) is 4.72 Å². The van der Waals surface area contributed by atoms with Gasteiger partial charge in [-0.05, 0) is 65.8 Å². The van der Waals surface area contributed by atoms with Crippen molar-refractivity contribution >= 4 is 43.0 Å². The van der Waals surface area contributed by atoms with E-state index in [2.05, 4.69) is 26.0 Å². The smallest absolute Gasteiger partial charge is 0.242 e. The monoisotopic (exact) mass is 369 g/mol. The first-order valence-electron chi connectivity index (χ1n) is 6.20. The number of sulfonamides is 1. The summed E-state index contributed by atoms with van der Waals surface area (Å²) >= 11 is 3.48. The summed E-state index contributed by atoms with van der Waals surface area (Å²) in [5, 5.41) is 3.19. The van der Waals surface area contributed by atoms with Crippen molar-refractivity contribution in [3.63, 3.8) is 0 Å². The van der Waals surface area contributed by atoms with Crippen LogP contribution in [0.3, 0.4) is 0 Å². The van der Waals surface area contributed by atoms with Crippen molar-refractivity contribution in [3.8, 4) is 0 Å². The van der Waals surface area contributed by atoms with Crippen molar-refractivity contribution in [2.24, 2.45) is 0 Å². The fourth-order valence-electron chi connectivity index (χ4n) is 1.86. The molecule has 0 aromatic heterocycles. The minimum Gasteiger partial charge on any atom is -0.398 e. The Hall–Kier alpha value is -1.57. The van der Waals surface area contributed by atoms with Crippen LogP contribution in [-0.4, -0.2) is 15.5 Å². The van der Waals surface area contributed by atoms with Crippen LogP contribution in [0.15, 0.2) is 45.8 Å². The number of halogens is 1. The maximum absolute atomic E-state index is 11.8. The fraction of sp³-hybridized carbons (Fsp3) is 0.143. The van der Waals surface area contributed by atoms with E-state index in [9.17, 15) is 8.42 Å². The molecule has 7 heteroatoms. The van der Waals surface area contributed by atoms with Gasteiger partial charge < -0.3 is 11.1 Å². The van der Waals surface area contributed by atoms with E-state index in [0.29, 0.717) is 5.69 Å². The van der Waals surface area contributed by atoms with Crippen molar-refractivity contribution in [2.45, 2.75) is 11.8 Å². The minimum absolute atomic E-state index is 0.0681. The Morgan fingerprint density at radius 3 is 2.43 bits per heavy atom. The van der Waals surface area contributed by atoms with Crippen LogP contribution in [-0.2, 0) is 10.0 Å². The molecule has 4 N–H and O–H groups in total. The van der Waals surface area contributed by atoms with Gasteiger partial charge in [0.05, 0.1) is 11.4 Å². The van der Waals surface area contributed by atoms with Gasteiger partial charge in [-0.25, -0.2) is 13.1 Å². The van der Waals surface area contributed by atoms with E-state index >= 15 is 0 Å². The van der Waals surface area contributed by atoms with Gasteiger partial charge in [0.15, 0.2) is 0 Å². The predicted molar refractivity (Wildman–Crippen MR) is 89.3 cm³/mol. The van der Waals surface area contributed by atoms with E-state index < -0.39 is 10.0 Å². The zero-order valence-electron chi connectivity index (χ0n) is 11.6. The number of hydrogen-bond donors (Lipinski definition) is 3. The molecule has 2 aromatic rings. The van der Waals surface area contributed by atoms with Crippen LogP contribution >= 0.6 is 15.9 Å². The van der Waals surface area contributed by atoms with Gasteiger partial charge in [-0.2, -0.15) is 0 Å². The first-order chi connectivity index (χ1) is 9.83. The molecule has 0 saturated heterocycles. The summed E-state index contributed by atoms with van der Waals surface area (Å²) in [7, 11) is -2.19. The molecule has 0 radical (unpaired) electrons. The molecule has 0 saturated carbocycles. The lowest BCUT2D eigenvalue weighted by Crippen LogP contribution is -2.19. The van der Waals surface area contributed by atoms with Crippen LogP contribution in [0.1, 0.15) is 5.56 Å². The average Bonchev–Trinajstić information content (AvgIpc) is 2.42. The summed E-state index contributed by atoms with van der Waals surface area (Å²) in [6, 6.07) is 10.7. The van der Waals surface area contributed by atoms with E-state index in [0.717, 1.165) is 15.7 Å². The SMILES string of the molecule is CNS(=O)(=O)c1ccc(Nc2ccc(C)cc2Br)cc1N. The number of nitrogen functional groups attached to an aromatic ring is 1. The largest absolute Gasteiger partial charge is 0.398 e. The highest BCUT2D eigenvalue weighted by Gasteiger charge is 2.15. The number of nitrogens with two attached hydrogens (primary N) is 1. The van der Waals surface area contributed by atoms with E-state index in [4.69, 9.17) is 5.73 Å². The highest BCUT2D eigenvalue weighted by atomic mass is 79.9. The van der Waals surface area contributed by atoms with Crippen LogP contribution in [0.4, 0.5) is 17.1 Å². The minimum atomic E-state index is -3.54. The summed E-state index contributed by atoms with van der Waals surface area (Å²) < 4.78 is 26.7. The lowest BCUT2D eigenvalue weighted by Gasteiger charge is -2.12. The summed E-state index contributed by atoms with van der Waals surface area (Å²) in [6.07, 6.45) is 0. The molecule has 2 aromatic carbocycles. The van der Waals surface area contributed by atoms with Gasteiger partial charge in [-0.3, -0.25) is 0 Å². The molecular formula is C14H16BrN3O2S. The molecule has 0 heterocycles. The summed E-state index contributed by atoms with van der Waals surface area (Å²) in [6.45, 7) is 2.00. The molecule has 0 unspecified atom stereocenters. The molecule has 2 rings (SSSR count). The standard InChI is InChI=1S/C14H16BrN3O2S/c1-9-3-5-13(11(15)7-9)18-10-4-6-14(12(16)8-10)21(19,20)17-2/h3-8,17-18H,16H2,1-2H3. The number of hydrogen-bond acceptors (Lipinski definition) is 4. The number of rotatable bonds is 4. The molecule has 0 spiro atoms. The zero-order chi connectivity index (χ0) is 15.6. The molecule has 112 valence electrons. The second-order valence-corrected chi connectivity index (χ2v) is 7.28. The number of nitrogens with one attached hydrogen (secondary N) is 2. The van der Waals surface area contributed by atoms with E-state index in [-0.39, 0.29) is 10.6 Å². The Labute approximate surface area is 132 Å². The number of aryl methyl sites for hydroxylation is 1. The third-order valence-corrected chi connectivity index (χ3v) is 5.12. The molecule has 0 bridgehead atoms. The van der Waals surface area contributed by atoms with Gasteiger partial charge in [0, 0.05) is 10.2 Å². The lowest BCUT2D eigenvalue weighted by molar-refractivity contribution is 0.588. The van der Waals surface area contributed by atoms with Crippen molar-refractivity contribution in [2.75, 3.05) is 18.1 Å². The Balaban J connectivity index is 2.33. The molecule has 0 atom stereocenters. The molecule has 0 amide bonds. The van der Waals surface area contributed by atoms with Gasteiger partial charge in [-0.15, -0.1) is 0 Å². The molecule has 21 heavy (non-hydrogen) atoms. The summed E-state index contributed by atoms with van der Waals surface area (Å²) in [5.74, 6) is 0. The quantitative estimate of drug-likeness (QED) is 0.723. The highest BCUT2D eigenvalue weighted by Crippen LogP contribution is 2.29. The van der Waals surface area contributed by atoms with Crippen LogP contribution in [0.2, 0.25) is 0 Å². The first kappa shape index (κ1) is 15.8. The molecule has 0 fully saturated rings. The van der Waals surface area contributed by atoms with Gasteiger partial charge in [0.2, 0.25) is 10.0 Å². The normalized spacial score (nSPS) is 11.4. The van der Waals surface area contributed by atoms with E-state index in [1.807, 2.05) is 25.1 Å². The zero-order valence-corrected chi connectivity index (χ0v) is 14.0. The van der Waals surface area contributed by atoms with E-state index in [1.54, 1.807) is 12.1 Å². The number of anilines is 3. The second-order valence-electron chi connectivity index (χ2n) is 4.57. The van der Waals surface area contributed by atoms with Gasteiger partial charge in [-0.1, -0.05) is 6.07 Å². The number of benzene rings is 2. The summed E-state index contributed by atoms with van der Waals surface area (Å²) in [5.41, 5.74) is 8.76. The van der Waals surface area contributed by atoms with Crippen LogP contribution in [0.5, 0.6) is 0 Å². The van der Waals surface area contributed by atoms with Crippen LogP contribution < -0.4 is 15.8 Å². The van der Waals surface area contributed by atoms with Crippen LogP contribution in [0, 0.1) is 6.92 Å². The molecular weight excluding hydrogens is 354 g/mol. The van der Waals surface area contributed by atoms with Crippen molar-refractivity contribution in [3.05, 3.63) is 46.4 Å². The molecule has 0 aliphatic rings. The van der Waals surface area contributed by atoms with Crippen molar-refractivity contribution < 1.29 is 8.42 Å². The molecule has 0 aliphatic heterocycles. The first-order valence-corrected chi connectivity index (χ1v) is 8.47. The highest BCUT2D eigenvalue weighted by molar-refractivity contribution is 9.10. The summed E-state index contributed by atoms with van der Waals surface area (Å²) in [4.78, 5) is 0.0681. The Morgan fingerprint density at radius 2 is 1.86 bits per heavy atom. The molecule has 0 aliphatic carbocycles. The van der Waals surface area contributed by atoms with Crippen LogP contribution in [0.25, 0.3) is 0 Å². The van der Waals surface area contributed by atoms with Gasteiger partial charge in [0.25, 0.3) is 0 Å². The van der Waals surface area contributed by atoms with Gasteiger partial charge in [0.1, 0.15) is 4.90 Å².